The molecular weight excluding hydrogens is 434 g/mol. The van der Waals surface area contributed by atoms with Crippen LogP contribution in [-0.2, 0) is 4.79 Å². The molecule has 0 bridgehead atoms. The van der Waals surface area contributed by atoms with Gasteiger partial charge in [-0.15, -0.1) is 11.3 Å². The van der Waals surface area contributed by atoms with Crippen molar-refractivity contribution in [3.63, 3.8) is 0 Å². The molecule has 2 aliphatic rings. The van der Waals surface area contributed by atoms with Crippen molar-refractivity contribution < 1.29 is 9.59 Å². The van der Waals surface area contributed by atoms with E-state index in [2.05, 4.69) is 33.9 Å². The lowest BCUT2D eigenvalue weighted by Crippen LogP contribution is -2.52. The van der Waals surface area contributed by atoms with Gasteiger partial charge in [0, 0.05) is 79.9 Å². The van der Waals surface area contributed by atoms with E-state index >= 15 is 0 Å². The summed E-state index contributed by atoms with van der Waals surface area (Å²) in [6.45, 7) is 7.66. The molecule has 0 aliphatic carbocycles. The number of hydrogen-bond donors (Lipinski definition) is 0. The second-order valence-electron chi connectivity index (χ2n) is 8.67. The molecule has 0 saturated carbocycles. The molecule has 4 heterocycles. The van der Waals surface area contributed by atoms with Gasteiger partial charge in [-0.25, -0.2) is 4.98 Å². The van der Waals surface area contributed by atoms with Crippen molar-refractivity contribution >= 4 is 28.8 Å². The van der Waals surface area contributed by atoms with Crippen LogP contribution in [0.2, 0.25) is 0 Å². The van der Waals surface area contributed by atoms with Crippen molar-refractivity contribution in [2.45, 2.75) is 26.3 Å². The number of anilines is 1. The largest absolute Gasteiger partial charge is 0.334 e. The van der Waals surface area contributed by atoms with Gasteiger partial charge < -0.3 is 9.80 Å². The van der Waals surface area contributed by atoms with Crippen LogP contribution in [0.15, 0.2) is 48.1 Å². The molecule has 0 N–H and O–H groups in total. The maximum absolute atomic E-state index is 13.0. The Balaban J connectivity index is 1.27. The summed E-state index contributed by atoms with van der Waals surface area (Å²) in [4.78, 5) is 40.2. The van der Waals surface area contributed by atoms with Gasteiger partial charge in [-0.3, -0.25) is 19.5 Å². The maximum Gasteiger partial charge on any atom is 0.282 e. The fraction of sp³-hybridized carbons (Fsp3) is 0.360. The average molecular weight is 462 g/mol. The third-order valence-electron chi connectivity index (χ3n) is 6.63. The molecule has 1 aromatic carbocycles. The number of hydrogen-bond acceptors (Lipinski definition) is 6. The van der Waals surface area contributed by atoms with Crippen LogP contribution in [0, 0.1) is 13.8 Å². The highest BCUT2D eigenvalue weighted by molar-refractivity contribution is 7.11. The lowest BCUT2D eigenvalue weighted by Gasteiger charge is -2.37. The molecule has 5 rings (SSSR count). The molecule has 1 unspecified atom stereocenters. The molecular formula is C25H27N5O2S. The minimum absolute atomic E-state index is 0.00609. The van der Waals surface area contributed by atoms with Crippen LogP contribution >= 0.6 is 11.3 Å². The SMILES string of the molecule is Cc1ccnc(C)c1-c1cccc(N2CC(N3CCN(C(=O)c4nccs4)CC3)CC2=O)c1. The lowest BCUT2D eigenvalue weighted by molar-refractivity contribution is -0.117. The molecule has 1 atom stereocenters. The van der Waals surface area contributed by atoms with Crippen molar-refractivity contribution in [2.24, 2.45) is 0 Å². The topological polar surface area (TPSA) is 69.6 Å². The lowest BCUT2D eigenvalue weighted by atomic mass is 9.99. The Kier molecular flexibility index (Phi) is 5.95. The first kappa shape index (κ1) is 21.7. The molecule has 3 aromatic rings. The van der Waals surface area contributed by atoms with Crippen LogP contribution in [0.3, 0.4) is 0 Å². The van der Waals surface area contributed by atoms with Gasteiger partial charge in [0.2, 0.25) is 5.91 Å². The van der Waals surface area contributed by atoms with Crippen LogP contribution in [0.25, 0.3) is 11.1 Å². The van der Waals surface area contributed by atoms with Crippen molar-refractivity contribution in [3.8, 4) is 11.1 Å². The average Bonchev–Trinajstić information content (AvgIpc) is 3.49. The van der Waals surface area contributed by atoms with Crippen LogP contribution in [0.5, 0.6) is 0 Å². The highest BCUT2D eigenvalue weighted by atomic mass is 32.1. The first-order valence-corrected chi connectivity index (χ1v) is 12.1. The first-order valence-electron chi connectivity index (χ1n) is 11.3. The molecule has 2 saturated heterocycles. The van der Waals surface area contributed by atoms with E-state index in [4.69, 9.17) is 0 Å². The van der Waals surface area contributed by atoms with Crippen LogP contribution in [0.4, 0.5) is 5.69 Å². The summed E-state index contributed by atoms with van der Waals surface area (Å²) in [5, 5.41) is 2.37. The van der Waals surface area contributed by atoms with Crippen molar-refractivity contribution in [1.82, 2.24) is 19.8 Å². The van der Waals surface area contributed by atoms with E-state index in [1.165, 1.54) is 16.9 Å². The molecule has 2 amide bonds. The fourth-order valence-electron chi connectivity index (χ4n) is 4.90. The standard InChI is InChI=1S/C25H27N5O2S/c1-17-6-7-26-18(2)23(17)19-4-3-5-20(14-19)30-16-21(15-22(30)31)28-9-11-29(12-10-28)25(32)24-27-8-13-33-24/h3-8,13-14,21H,9-12,15-16H2,1-2H3. The van der Waals surface area contributed by atoms with E-state index in [0.717, 1.165) is 35.6 Å². The summed E-state index contributed by atoms with van der Waals surface area (Å²) < 4.78 is 0. The van der Waals surface area contributed by atoms with Gasteiger partial charge in [0.05, 0.1) is 0 Å². The highest BCUT2D eigenvalue weighted by Crippen LogP contribution is 2.31. The maximum atomic E-state index is 13.0. The Bertz CT molecular complexity index is 1150. The van der Waals surface area contributed by atoms with Gasteiger partial charge in [0.1, 0.15) is 0 Å². The minimum atomic E-state index is 0.00609. The van der Waals surface area contributed by atoms with Crippen molar-refractivity contribution in [3.05, 3.63) is 64.4 Å². The van der Waals surface area contributed by atoms with Crippen LogP contribution < -0.4 is 4.90 Å². The number of aryl methyl sites for hydroxylation is 2. The van der Waals surface area contributed by atoms with E-state index in [9.17, 15) is 9.59 Å². The van der Waals surface area contributed by atoms with E-state index in [1.54, 1.807) is 6.20 Å². The Hall–Kier alpha value is -3.10. The number of thiazole rings is 1. The summed E-state index contributed by atoms with van der Waals surface area (Å²) in [6.07, 6.45) is 4.01. The number of rotatable bonds is 4. The molecule has 0 spiro atoms. The fourth-order valence-corrected chi connectivity index (χ4v) is 5.50. The summed E-state index contributed by atoms with van der Waals surface area (Å²) in [6, 6.07) is 10.4. The minimum Gasteiger partial charge on any atom is -0.334 e. The van der Waals surface area contributed by atoms with Crippen LogP contribution in [-0.4, -0.2) is 70.3 Å². The Morgan fingerprint density at radius 2 is 1.88 bits per heavy atom. The van der Waals surface area contributed by atoms with Gasteiger partial charge in [-0.05, 0) is 43.2 Å². The predicted octanol–water partition coefficient (Wildman–Crippen LogP) is 3.39. The number of pyridine rings is 1. The summed E-state index contributed by atoms with van der Waals surface area (Å²) >= 11 is 1.38. The molecule has 33 heavy (non-hydrogen) atoms. The van der Waals surface area contributed by atoms with E-state index in [-0.39, 0.29) is 17.9 Å². The second kappa shape index (κ2) is 9.03. The number of benzene rings is 1. The Labute approximate surface area is 197 Å². The zero-order valence-electron chi connectivity index (χ0n) is 18.9. The van der Waals surface area contributed by atoms with Gasteiger partial charge in [-0.1, -0.05) is 12.1 Å². The summed E-state index contributed by atoms with van der Waals surface area (Å²) in [7, 11) is 0. The first-order chi connectivity index (χ1) is 16.0. The van der Waals surface area contributed by atoms with Crippen molar-refractivity contribution in [1.29, 1.82) is 0 Å². The van der Waals surface area contributed by atoms with Gasteiger partial charge in [-0.2, -0.15) is 0 Å². The van der Waals surface area contributed by atoms with E-state index in [0.29, 0.717) is 31.1 Å². The van der Waals surface area contributed by atoms with E-state index < -0.39 is 0 Å². The number of piperazine rings is 1. The number of nitrogens with zero attached hydrogens (tertiary/aromatic N) is 5. The monoisotopic (exact) mass is 461 g/mol. The number of carbonyl (C=O) groups excluding carboxylic acids is 2. The predicted molar refractivity (Wildman–Crippen MR) is 129 cm³/mol. The molecule has 8 heteroatoms. The highest BCUT2D eigenvalue weighted by Gasteiger charge is 2.36. The Morgan fingerprint density at radius 1 is 1.06 bits per heavy atom. The smallest absolute Gasteiger partial charge is 0.282 e. The molecule has 2 fully saturated rings. The molecule has 7 nitrogen and oxygen atoms in total. The second-order valence-corrected chi connectivity index (χ2v) is 9.56. The van der Waals surface area contributed by atoms with Gasteiger partial charge in [0.15, 0.2) is 5.01 Å². The zero-order chi connectivity index (χ0) is 22.9. The normalized spacial score (nSPS) is 19.3. The molecule has 0 radical (unpaired) electrons. The van der Waals surface area contributed by atoms with Crippen LogP contribution in [0.1, 0.15) is 27.5 Å². The third-order valence-corrected chi connectivity index (χ3v) is 7.39. The molecule has 170 valence electrons. The van der Waals surface area contributed by atoms with Gasteiger partial charge >= 0.3 is 0 Å². The third kappa shape index (κ3) is 4.28. The summed E-state index contributed by atoms with van der Waals surface area (Å²) in [5.41, 5.74) is 5.31. The Morgan fingerprint density at radius 3 is 2.61 bits per heavy atom. The molecule has 2 aromatic heterocycles. The van der Waals surface area contributed by atoms with Gasteiger partial charge in [0.25, 0.3) is 5.91 Å². The molecule has 2 aliphatic heterocycles. The number of carbonyl (C=O) groups is 2. The number of aromatic nitrogens is 2. The zero-order valence-corrected chi connectivity index (χ0v) is 19.7. The quantitative estimate of drug-likeness (QED) is 0.596. The van der Waals surface area contributed by atoms with Crippen molar-refractivity contribution in [2.75, 3.05) is 37.6 Å². The van der Waals surface area contributed by atoms with E-state index in [1.807, 2.05) is 46.5 Å². The number of amides is 2. The summed E-state index contributed by atoms with van der Waals surface area (Å²) in [5.74, 6) is 0.157.